The van der Waals surface area contributed by atoms with Crippen LogP contribution in [0, 0.1) is 5.92 Å². The molecule has 3 rings (SSSR count). The average molecular weight is 285 g/mol. The molecule has 0 aromatic heterocycles. The molecule has 1 amide bonds. The van der Waals surface area contributed by atoms with Crippen molar-refractivity contribution in [3.05, 3.63) is 10.6 Å². The van der Waals surface area contributed by atoms with Crippen molar-refractivity contribution in [1.29, 1.82) is 0 Å². The van der Waals surface area contributed by atoms with Crippen molar-refractivity contribution in [1.82, 2.24) is 4.90 Å². The van der Waals surface area contributed by atoms with Crippen molar-refractivity contribution in [2.24, 2.45) is 5.92 Å². The first kappa shape index (κ1) is 13.0. The summed E-state index contributed by atoms with van der Waals surface area (Å²) < 4.78 is 5.53. The van der Waals surface area contributed by atoms with Gasteiger partial charge < -0.3 is 14.9 Å². The Labute approximate surface area is 114 Å². The van der Waals surface area contributed by atoms with E-state index >= 15 is 0 Å². The first-order valence-electron chi connectivity index (χ1n) is 6.29. The van der Waals surface area contributed by atoms with Crippen molar-refractivity contribution in [3.8, 4) is 0 Å². The number of aliphatic carboxylic acids is 1. The van der Waals surface area contributed by atoms with Crippen LogP contribution in [0.5, 0.6) is 0 Å². The number of ether oxygens (including phenoxy) is 1. The van der Waals surface area contributed by atoms with E-state index in [2.05, 4.69) is 0 Å². The molecule has 1 unspecified atom stereocenters. The number of nitrogens with zero attached hydrogens (tertiary/aromatic N) is 1. The van der Waals surface area contributed by atoms with E-state index in [1.54, 1.807) is 6.92 Å². The number of fused-ring (bicyclic) bond motifs is 1. The Bertz CT molecular complexity index is 469. The molecule has 7 heteroatoms. The first-order chi connectivity index (χ1) is 9.02. The Hall–Kier alpha value is -1.05. The Morgan fingerprint density at radius 1 is 1.58 bits per heavy atom. The van der Waals surface area contributed by atoms with Crippen molar-refractivity contribution in [2.45, 2.75) is 37.3 Å². The van der Waals surface area contributed by atoms with Gasteiger partial charge in [-0.05, 0) is 19.8 Å². The molecule has 0 spiro atoms. The number of rotatable bonds is 3. The fourth-order valence-corrected chi connectivity index (χ4v) is 4.52. The second kappa shape index (κ2) is 4.50. The van der Waals surface area contributed by atoms with Crippen LogP contribution in [0.4, 0.5) is 0 Å². The van der Waals surface area contributed by atoms with Gasteiger partial charge in [-0.2, -0.15) is 0 Å². The summed E-state index contributed by atoms with van der Waals surface area (Å²) in [6, 6.07) is 0. The number of hydrogen-bond donors (Lipinski definition) is 2. The van der Waals surface area contributed by atoms with E-state index in [1.165, 1.54) is 16.7 Å². The molecule has 0 aromatic carbocycles. The van der Waals surface area contributed by atoms with Crippen molar-refractivity contribution in [3.63, 3.8) is 0 Å². The van der Waals surface area contributed by atoms with Crippen LogP contribution in [0.15, 0.2) is 10.6 Å². The van der Waals surface area contributed by atoms with Crippen LogP contribution in [0.2, 0.25) is 0 Å². The fraction of sp³-hybridized carbons (Fsp3) is 0.667. The normalized spacial score (nSPS) is 35.4. The molecule has 3 aliphatic rings. The number of hydrogen-bond acceptors (Lipinski definition) is 5. The van der Waals surface area contributed by atoms with Gasteiger partial charge in [0.2, 0.25) is 5.91 Å². The Balaban J connectivity index is 1.91. The largest absolute Gasteiger partial charge is 0.477 e. The highest BCUT2D eigenvalue weighted by molar-refractivity contribution is 8.04. The Morgan fingerprint density at radius 2 is 2.32 bits per heavy atom. The highest BCUT2D eigenvalue weighted by atomic mass is 32.2. The second-order valence-electron chi connectivity index (χ2n) is 5.00. The lowest BCUT2D eigenvalue weighted by Crippen LogP contribution is -2.60. The number of carboxylic acids is 1. The maximum Gasteiger partial charge on any atom is 0.353 e. The molecule has 3 aliphatic heterocycles. The zero-order valence-corrected chi connectivity index (χ0v) is 11.2. The number of carbonyl (C=O) groups is 2. The van der Waals surface area contributed by atoms with Crippen molar-refractivity contribution >= 4 is 23.6 Å². The number of aliphatic hydroxyl groups is 1. The number of carboxylic acid groups (broad SMARTS) is 1. The SMILES string of the molecule is CC(O)[C@@H]1C(=O)N2C(C(=O)O)=C([C@H]3CCCO3)S[C@H]12. The minimum Gasteiger partial charge on any atom is -0.477 e. The van der Waals surface area contributed by atoms with E-state index in [-0.39, 0.29) is 23.1 Å². The van der Waals surface area contributed by atoms with E-state index in [4.69, 9.17) is 4.74 Å². The van der Waals surface area contributed by atoms with E-state index in [9.17, 15) is 19.8 Å². The number of thioether (sulfide) groups is 1. The molecular formula is C12H15NO5S. The van der Waals surface area contributed by atoms with Crippen LogP contribution >= 0.6 is 11.8 Å². The molecule has 4 atom stereocenters. The molecule has 2 N–H and O–H groups in total. The third-order valence-corrected chi connectivity index (χ3v) is 5.21. The quantitative estimate of drug-likeness (QED) is 0.729. The highest BCUT2D eigenvalue weighted by Crippen LogP contribution is 2.52. The number of β-lactam (4-membered cyclic amide) rings is 1. The second-order valence-corrected chi connectivity index (χ2v) is 6.16. The summed E-state index contributed by atoms with van der Waals surface area (Å²) in [7, 11) is 0. The van der Waals surface area contributed by atoms with Gasteiger partial charge in [0, 0.05) is 11.5 Å². The molecule has 0 bridgehead atoms. The molecule has 19 heavy (non-hydrogen) atoms. The third-order valence-electron chi connectivity index (χ3n) is 3.75. The van der Waals surface area contributed by atoms with Gasteiger partial charge in [0.1, 0.15) is 11.1 Å². The molecule has 0 aromatic rings. The number of aliphatic hydroxyl groups excluding tert-OH is 1. The lowest BCUT2D eigenvalue weighted by molar-refractivity contribution is -0.156. The van der Waals surface area contributed by atoms with Gasteiger partial charge in [-0.15, -0.1) is 0 Å². The molecule has 2 saturated heterocycles. The van der Waals surface area contributed by atoms with Crippen molar-refractivity contribution in [2.75, 3.05) is 6.61 Å². The summed E-state index contributed by atoms with van der Waals surface area (Å²) in [4.78, 5) is 25.3. The highest BCUT2D eigenvalue weighted by Gasteiger charge is 2.58. The van der Waals surface area contributed by atoms with Crippen LogP contribution < -0.4 is 0 Å². The maximum atomic E-state index is 12.0. The lowest BCUT2D eigenvalue weighted by atomic mass is 9.92. The standard InChI is InChI=1S/C12H15NO5S/c1-5(14)7-10(15)13-8(12(16)17)9(19-11(7)13)6-3-2-4-18-6/h5-7,11,14H,2-4H2,1H3,(H,16,17)/t5?,6-,7-,11-/m1/s1. The van der Waals surface area contributed by atoms with Gasteiger partial charge in [-0.1, -0.05) is 11.8 Å². The minimum atomic E-state index is -1.10. The zero-order chi connectivity index (χ0) is 13.7. The summed E-state index contributed by atoms with van der Waals surface area (Å²) in [5, 5.41) is 18.6. The predicted octanol–water partition coefficient (Wildman–Crippen LogP) is 0.374. The summed E-state index contributed by atoms with van der Waals surface area (Å²) in [6.07, 6.45) is 0.706. The minimum absolute atomic E-state index is 0.0452. The Morgan fingerprint density at radius 3 is 2.84 bits per heavy atom. The van der Waals surface area contributed by atoms with Crippen LogP contribution in [0.3, 0.4) is 0 Å². The topological polar surface area (TPSA) is 87.1 Å². The van der Waals surface area contributed by atoms with Gasteiger partial charge in [-0.3, -0.25) is 9.69 Å². The first-order valence-corrected chi connectivity index (χ1v) is 7.17. The van der Waals surface area contributed by atoms with Crippen LogP contribution in [0.1, 0.15) is 19.8 Å². The summed E-state index contributed by atoms with van der Waals surface area (Å²) >= 11 is 1.35. The van der Waals surface area contributed by atoms with Crippen LogP contribution in [-0.4, -0.2) is 51.2 Å². The summed E-state index contributed by atoms with van der Waals surface area (Å²) in [6.45, 7) is 2.19. The molecule has 6 nitrogen and oxygen atoms in total. The van der Waals surface area contributed by atoms with Crippen LogP contribution in [-0.2, 0) is 14.3 Å². The summed E-state index contributed by atoms with van der Waals surface area (Å²) in [5.41, 5.74) is 0.0452. The maximum absolute atomic E-state index is 12.0. The molecular weight excluding hydrogens is 270 g/mol. The van der Waals surface area contributed by atoms with E-state index in [0.717, 1.165) is 12.8 Å². The van der Waals surface area contributed by atoms with Crippen molar-refractivity contribution < 1.29 is 24.5 Å². The number of amides is 1. The van der Waals surface area contributed by atoms with Gasteiger partial charge >= 0.3 is 5.97 Å². The zero-order valence-electron chi connectivity index (χ0n) is 10.4. The summed E-state index contributed by atoms with van der Waals surface area (Å²) in [5.74, 6) is -1.92. The van der Waals surface area contributed by atoms with E-state index < -0.39 is 18.0 Å². The lowest BCUT2D eigenvalue weighted by Gasteiger charge is -2.43. The molecule has 0 radical (unpaired) electrons. The number of carbonyl (C=O) groups excluding carboxylic acids is 1. The predicted molar refractivity (Wildman–Crippen MR) is 67.0 cm³/mol. The monoisotopic (exact) mass is 285 g/mol. The molecule has 0 saturated carbocycles. The molecule has 0 aliphatic carbocycles. The van der Waals surface area contributed by atoms with Gasteiger partial charge in [-0.25, -0.2) is 4.79 Å². The molecule has 2 fully saturated rings. The third kappa shape index (κ3) is 1.79. The van der Waals surface area contributed by atoms with Gasteiger partial charge in [0.15, 0.2) is 0 Å². The van der Waals surface area contributed by atoms with E-state index in [0.29, 0.717) is 11.5 Å². The van der Waals surface area contributed by atoms with Crippen LogP contribution in [0.25, 0.3) is 0 Å². The van der Waals surface area contributed by atoms with Gasteiger partial charge in [0.05, 0.1) is 18.1 Å². The average Bonchev–Trinajstić information content (AvgIpc) is 2.92. The smallest absolute Gasteiger partial charge is 0.353 e. The molecule has 3 heterocycles. The Kier molecular flexibility index (Phi) is 3.07. The van der Waals surface area contributed by atoms with Gasteiger partial charge in [0.25, 0.3) is 0 Å². The van der Waals surface area contributed by atoms with E-state index in [1.807, 2.05) is 0 Å². The fourth-order valence-electron chi connectivity index (χ4n) is 2.82. The molecule has 104 valence electrons.